The van der Waals surface area contributed by atoms with Crippen molar-refractivity contribution in [2.75, 3.05) is 14.2 Å². The van der Waals surface area contributed by atoms with Gasteiger partial charge >= 0.3 is 9.53 Å². The maximum atomic E-state index is 5.38. The summed E-state index contributed by atoms with van der Waals surface area (Å²) in [4.78, 5) is 0. The molecule has 0 spiro atoms. The highest BCUT2D eigenvalue weighted by molar-refractivity contribution is 6.58. The zero-order chi connectivity index (χ0) is 7.28. The molecule has 0 aliphatic carbocycles. The first-order chi connectivity index (χ1) is 4.20. The van der Waals surface area contributed by atoms with Gasteiger partial charge in [-0.3, -0.25) is 0 Å². The van der Waals surface area contributed by atoms with E-state index < -0.39 is 18.6 Å². The molecular weight excluding hydrogens is 152 g/mol. The van der Waals surface area contributed by atoms with E-state index in [1.165, 1.54) is 0 Å². The Balaban J connectivity index is 3.31. The Morgan fingerprint density at radius 2 is 1.44 bits per heavy atom. The van der Waals surface area contributed by atoms with Gasteiger partial charge in [-0.05, 0) is 13.1 Å². The normalized spacial score (nSPS) is 11.3. The van der Waals surface area contributed by atoms with Crippen LogP contribution >= 0.6 is 0 Å². The average Bonchev–Trinajstić information content (AvgIpc) is 1.82. The molecule has 0 aliphatic rings. The van der Waals surface area contributed by atoms with Gasteiger partial charge in [-0.2, -0.15) is 0 Å². The van der Waals surface area contributed by atoms with Crippen molar-refractivity contribution < 1.29 is 13.0 Å². The van der Waals surface area contributed by atoms with Gasteiger partial charge in [0, 0.05) is 14.2 Å². The van der Waals surface area contributed by atoms with Crippen LogP contribution in [0.25, 0.3) is 0 Å². The molecule has 0 bridgehead atoms. The topological polar surface area (TPSA) is 27.7 Å². The van der Waals surface area contributed by atoms with Crippen molar-refractivity contribution >= 4 is 18.6 Å². The van der Waals surface area contributed by atoms with E-state index in [-0.39, 0.29) is 0 Å². The highest BCUT2D eigenvalue weighted by Crippen LogP contribution is 1.91. The molecule has 3 nitrogen and oxygen atoms in total. The summed E-state index contributed by atoms with van der Waals surface area (Å²) in [6, 6.07) is 0. The molecule has 0 heterocycles. The van der Waals surface area contributed by atoms with Gasteiger partial charge in [0.1, 0.15) is 0 Å². The van der Waals surface area contributed by atoms with Crippen molar-refractivity contribution in [1.82, 2.24) is 0 Å². The molecule has 0 aromatic heterocycles. The van der Waals surface area contributed by atoms with Gasteiger partial charge in [-0.1, -0.05) is 0 Å². The molecule has 0 saturated carbocycles. The summed E-state index contributed by atoms with van der Waals surface area (Å²) < 4.78 is 15.3. The van der Waals surface area contributed by atoms with Crippen LogP contribution in [0.1, 0.15) is 0 Å². The monoisotopic (exact) mass is 166 g/mol. The quantitative estimate of drug-likeness (QED) is 0.550. The van der Waals surface area contributed by atoms with Gasteiger partial charge in [0.25, 0.3) is 0 Å². The van der Waals surface area contributed by atoms with Crippen molar-refractivity contribution in [3.05, 3.63) is 0 Å². The van der Waals surface area contributed by atoms with Gasteiger partial charge < -0.3 is 13.0 Å². The first-order valence-corrected chi connectivity index (χ1v) is 7.11. The number of rotatable bonds is 4. The Morgan fingerprint density at radius 3 is 1.56 bits per heavy atom. The Labute approximate surface area is 59.6 Å². The van der Waals surface area contributed by atoms with Gasteiger partial charge in [0.2, 0.25) is 0 Å². The molecule has 0 fully saturated rings. The van der Waals surface area contributed by atoms with E-state index in [0.717, 1.165) is 0 Å². The molecule has 0 radical (unpaired) electrons. The Kier molecular flexibility index (Phi) is 5.31. The summed E-state index contributed by atoms with van der Waals surface area (Å²) in [7, 11) is 0.604. The summed E-state index contributed by atoms with van der Waals surface area (Å²) in [5.74, 6) is 0. The molecule has 0 unspecified atom stereocenters. The second kappa shape index (κ2) is 5.13. The number of hydrogen-bond donors (Lipinski definition) is 0. The molecule has 0 N–H and O–H groups in total. The van der Waals surface area contributed by atoms with E-state index in [0.29, 0.717) is 0 Å². The summed E-state index contributed by atoms with van der Waals surface area (Å²) in [5.41, 5.74) is 0. The van der Waals surface area contributed by atoms with E-state index in [1.54, 1.807) is 14.2 Å². The van der Waals surface area contributed by atoms with Crippen molar-refractivity contribution in [3.8, 4) is 0 Å². The lowest BCUT2D eigenvalue weighted by Crippen LogP contribution is -2.29. The smallest absolute Gasteiger partial charge is 0.421 e. The van der Waals surface area contributed by atoms with Crippen molar-refractivity contribution in [3.63, 3.8) is 0 Å². The van der Waals surface area contributed by atoms with Crippen molar-refractivity contribution in [1.29, 1.82) is 0 Å². The third kappa shape index (κ3) is 4.79. The molecule has 0 aromatic rings. The molecule has 5 heteroatoms. The van der Waals surface area contributed by atoms with E-state index in [4.69, 9.17) is 13.0 Å². The fourth-order valence-corrected chi connectivity index (χ4v) is 3.29. The van der Waals surface area contributed by atoms with E-state index in [2.05, 4.69) is 13.1 Å². The van der Waals surface area contributed by atoms with Gasteiger partial charge in [0.15, 0.2) is 9.04 Å². The minimum Gasteiger partial charge on any atom is -0.421 e. The third-order valence-electron chi connectivity index (χ3n) is 0.768. The average molecular weight is 166 g/mol. The van der Waals surface area contributed by atoms with E-state index in [1.807, 2.05) is 0 Å². The van der Waals surface area contributed by atoms with Crippen LogP contribution in [0.15, 0.2) is 0 Å². The predicted molar refractivity (Wildman–Crippen MR) is 41.1 cm³/mol. The van der Waals surface area contributed by atoms with Crippen LogP contribution < -0.4 is 0 Å². The molecule has 56 valence electrons. The molecular formula is C4H14O3Si2. The fourth-order valence-electron chi connectivity index (χ4n) is 0.430. The highest BCUT2D eigenvalue weighted by Gasteiger charge is 2.11. The second-order valence-corrected chi connectivity index (χ2v) is 6.65. The zero-order valence-electron chi connectivity index (χ0n) is 6.38. The molecule has 0 atom stereocenters. The minimum atomic E-state index is -1.69. The van der Waals surface area contributed by atoms with Crippen LogP contribution in [-0.2, 0) is 13.0 Å². The molecule has 0 aromatic carbocycles. The third-order valence-corrected chi connectivity index (χ3v) is 4.60. The van der Waals surface area contributed by atoms with Gasteiger partial charge in [0.05, 0.1) is 0 Å². The molecule has 0 saturated heterocycles. The Bertz CT molecular complexity index is 64.8. The van der Waals surface area contributed by atoms with Crippen molar-refractivity contribution in [2.24, 2.45) is 0 Å². The lowest BCUT2D eigenvalue weighted by molar-refractivity contribution is 0.202. The SMILES string of the molecule is CO[SiH](OC)O[SiH](C)C. The van der Waals surface area contributed by atoms with Crippen LogP contribution in [-0.4, -0.2) is 32.8 Å². The van der Waals surface area contributed by atoms with Crippen LogP contribution in [0, 0.1) is 0 Å². The molecule has 0 amide bonds. The first-order valence-electron chi connectivity index (χ1n) is 2.91. The molecule has 9 heavy (non-hydrogen) atoms. The van der Waals surface area contributed by atoms with E-state index >= 15 is 0 Å². The lowest BCUT2D eigenvalue weighted by atomic mass is 11.8. The maximum Gasteiger partial charge on any atom is 0.472 e. The van der Waals surface area contributed by atoms with Crippen LogP contribution in [0.4, 0.5) is 0 Å². The fraction of sp³-hybridized carbons (Fsp3) is 1.00. The first kappa shape index (κ1) is 9.31. The van der Waals surface area contributed by atoms with Gasteiger partial charge in [-0.25, -0.2) is 0 Å². The van der Waals surface area contributed by atoms with Crippen LogP contribution in [0.5, 0.6) is 0 Å². The minimum absolute atomic E-state index is 0.952. The number of hydrogen-bond acceptors (Lipinski definition) is 3. The summed E-state index contributed by atoms with van der Waals surface area (Å²) in [6.45, 7) is 4.19. The Morgan fingerprint density at radius 1 is 1.00 bits per heavy atom. The maximum absolute atomic E-state index is 5.38. The molecule has 0 aliphatic heterocycles. The lowest BCUT2D eigenvalue weighted by Gasteiger charge is -2.13. The standard InChI is InChI=1S/C4H14O3Si2/c1-5-9(6-2)7-8(3)4/h8-9H,1-4H3. The highest BCUT2D eigenvalue weighted by atomic mass is 28.4. The Hall–Kier alpha value is 0.314. The summed E-state index contributed by atoms with van der Waals surface area (Å²) in [5, 5.41) is 0. The van der Waals surface area contributed by atoms with Gasteiger partial charge in [-0.15, -0.1) is 0 Å². The second-order valence-electron chi connectivity index (χ2n) is 1.94. The van der Waals surface area contributed by atoms with E-state index in [9.17, 15) is 0 Å². The van der Waals surface area contributed by atoms with Crippen LogP contribution in [0.2, 0.25) is 13.1 Å². The summed E-state index contributed by atoms with van der Waals surface area (Å²) >= 11 is 0. The van der Waals surface area contributed by atoms with Crippen molar-refractivity contribution in [2.45, 2.75) is 13.1 Å². The van der Waals surface area contributed by atoms with Crippen LogP contribution in [0.3, 0.4) is 0 Å². The molecule has 0 rings (SSSR count). The predicted octanol–water partition coefficient (Wildman–Crippen LogP) is -0.00360. The summed E-state index contributed by atoms with van der Waals surface area (Å²) in [6.07, 6.45) is 0. The largest absolute Gasteiger partial charge is 0.472 e. The zero-order valence-corrected chi connectivity index (χ0v) is 8.69.